The molecule has 0 radical (unpaired) electrons. The fourth-order valence-corrected chi connectivity index (χ4v) is 2.25. The molecule has 0 atom stereocenters. The maximum absolute atomic E-state index is 11.8. The van der Waals surface area contributed by atoms with Gasteiger partial charge in [0.25, 0.3) is 5.91 Å². The number of hydrogen-bond acceptors (Lipinski definition) is 4. The topological polar surface area (TPSA) is 71.3 Å². The van der Waals surface area contributed by atoms with Gasteiger partial charge >= 0.3 is 0 Å². The Balaban J connectivity index is 1.66. The van der Waals surface area contributed by atoms with Crippen molar-refractivity contribution < 1.29 is 14.0 Å². The number of thioether (sulfide) groups is 1. The summed E-state index contributed by atoms with van der Waals surface area (Å²) in [4.78, 5) is 24.5. The maximum Gasteiger partial charge on any atom is 0.286 e. The van der Waals surface area contributed by atoms with Gasteiger partial charge in [0.15, 0.2) is 5.76 Å². The second-order valence-corrected chi connectivity index (χ2v) is 5.49. The summed E-state index contributed by atoms with van der Waals surface area (Å²) in [6.07, 6.45) is 4.37. The summed E-state index contributed by atoms with van der Waals surface area (Å²) >= 11 is 1.65. The van der Waals surface area contributed by atoms with E-state index in [4.69, 9.17) is 4.42 Å². The molecular formula is C16H18N2O3S. The second-order valence-electron chi connectivity index (χ2n) is 4.61. The molecule has 0 fully saturated rings. The molecule has 1 heterocycles. The van der Waals surface area contributed by atoms with Crippen LogP contribution in [0.15, 0.2) is 52.0 Å². The zero-order chi connectivity index (χ0) is 15.8. The van der Waals surface area contributed by atoms with Crippen LogP contribution in [-0.2, 0) is 4.79 Å². The zero-order valence-electron chi connectivity index (χ0n) is 12.3. The number of benzene rings is 1. The Kier molecular flexibility index (Phi) is 6.09. The molecule has 0 saturated carbocycles. The molecular weight excluding hydrogens is 300 g/mol. The minimum absolute atomic E-state index is 0.0656. The highest BCUT2D eigenvalue weighted by atomic mass is 32.2. The second kappa shape index (κ2) is 8.29. The molecule has 0 bridgehead atoms. The SMILES string of the molecule is CSc1ccc(NC(=O)CCCNC(=O)c2ccco2)cc1. The molecule has 0 aliphatic rings. The van der Waals surface area contributed by atoms with Gasteiger partial charge < -0.3 is 15.1 Å². The molecule has 0 saturated heterocycles. The van der Waals surface area contributed by atoms with E-state index in [2.05, 4.69) is 10.6 Å². The monoisotopic (exact) mass is 318 g/mol. The summed E-state index contributed by atoms with van der Waals surface area (Å²) in [5, 5.41) is 5.53. The lowest BCUT2D eigenvalue weighted by Crippen LogP contribution is -2.25. The van der Waals surface area contributed by atoms with Crippen LogP contribution in [0.2, 0.25) is 0 Å². The van der Waals surface area contributed by atoms with Crippen molar-refractivity contribution in [3.8, 4) is 0 Å². The van der Waals surface area contributed by atoms with E-state index >= 15 is 0 Å². The number of anilines is 1. The van der Waals surface area contributed by atoms with Crippen molar-refractivity contribution in [2.75, 3.05) is 18.1 Å². The third-order valence-corrected chi connectivity index (χ3v) is 3.73. The number of carbonyl (C=O) groups excluding carboxylic acids is 2. The third-order valence-electron chi connectivity index (χ3n) is 2.98. The number of furan rings is 1. The van der Waals surface area contributed by atoms with E-state index in [0.29, 0.717) is 19.4 Å². The molecule has 2 rings (SSSR count). The first-order valence-corrected chi connectivity index (χ1v) is 8.17. The Hall–Kier alpha value is -2.21. The van der Waals surface area contributed by atoms with E-state index in [1.807, 2.05) is 30.5 Å². The lowest BCUT2D eigenvalue weighted by atomic mass is 10.2. The smallest absolute Gasteiger partial charge is 0.286 e. The van der Waals surface area contributed by atoms with Crippen molar-refractivity contribution in [3.63, 3.8) is 0 Å². The van der Waals surface area contributed by atoms with Crippen LogP contribution in [0.5, 0.6) is 0 Å². The van der Waals surface area contributed by atoms with Crippen LogP contribution in [0.4, 0.5) is 5.69 Å². The zero-order valence-corrected chi connectivity index (χ0v) is 13.1. The van der Waals surface area contributed by atoms with Crippen LogP contribution in [0, 0.1) is 0 Å². The van der Waals surface area contributed by atoms with E-state index in [9.17, 15) is 9.59 Å². The summed E-state index contributed by atoms with van der Waals surface area (Å²) in [5.74, 6) is -0.0550. The summed E-state index contributed by atoms with van der Waals surface area (Å²) in [6, 6.07) is 10.9. The Labute approximate surface area is 133 Å². The van der Waals surface area contributed by atoms with Gasteiger partial charge in [0.1, 0.15) is 0 Å². The Morgan fingerprint density at radius 3 is 2.59 bits per heavy atom. The maximum atomic E-state index is 11.8. The van der Waals surface area contributed by atoms with Gasteiger partial charge in [0.05, 0.1) is 6.26 Å². The van der Waals surface area contributed by atoms with E-state index in [-0.39, 0.29) is 17.6 Å². The first kappa shape index (κ1) is 16.2. The minimum Gasteiger partial charge on any atom is -0.459 e. The molecule has 2 N–H and O–H groups in total. The molecule has 2 aromatic rings. The summed E-state index contributed by atoms with van der Waals surface area (Å²) in [7, 11) is 0. The summed E-state index contributed by atoms with van der Waals surface area (Å²) < 4.78 is 4.98. The van der Waals surface area contributed by atoms with Crippen LogP contribution >= 0.6 is 11.8 Å². The molecule has 0 unspecified atom stereocenters. The highest BCUT2D eigenvalue weighted by Gasteiger charge is 2.08. The third kappa shape index (κ3) is 4.96. The molecule has 6 heteroatoms. The van der Waals surface area contributed by atoms with E-state index in [0.717, 1.165) is 10.6 Å². The first-order chi connectivity index (χ1) is 10.7. The number of hydrogen-bond donors (Lipinski definition) is 2. The standard InChI is InChI=1S/C16H18N2O3S/c1-22-13-8-6-12(7-9-13)18-15(19)5-2-10-17-16(20)14-4-3-11-21-14/h3-4,6-9,11H,2,5,10H2,1H3,(H,17,20)(H,18,19). The van der Waals surface area contributed by atoms with Gasteiger partial charge in [-0.15, -0.1) is 11.8 Å². The number of rotatable bonds is 7. The summed E-state index contributed by atoms with van der Waals surface area (Å²) in [5.41, 5.74) is 0.780. The normalized spacial score (nSPS) is 10.2. The number of nitrogens with one attached hydrogen (secondary N) is 2. The van der Waals surface area contributed by atoms with Crippen LogP contribution in [0.1, 0.15) is 23.4 Å². The van der Waals surface area contributed by atoms with Gasteiger partial charge in [-0.25, -0.2) is 0 Å². The van der Waals surface area contributed by atoms with Gasteiger partial charge in [0.2, 0.25) is 5.91 Å². The molecule has 0 aliphatic heterocycles. The molecule has 1 aromatic heterocycles. The van der Waals surface area contributed by atoms with E-state index in [1.54, 1.807) is 23.9 Å². The lowest BCUT2D eigenvalue weighted by molar-refractivity contribution is -0.116. The van der Waals surface area contributed by atoms with Crippen LogP contribution in [0.3, 0.4) is 0 Å². The van der Waals surface area contributed by atoms with Gasteiger partial charge in [-0.1, -0.05) is 0 Å². The molecule has 2 amide bonds. The van der Waals surface area contributed by atoms with Gasteiger partial charge in [-0.3, -0.25) is 9.59 Å². The minimum atomic E-state index is -0.266. The first-order valence-electron chi connectivity index (χ1n) is 6.94. The van der Waals surface area contributed by atoms with Crippen LogP contribution in [0.25, 0.3) is 0 Å². The number of carbonyl (C=O) groups is 2. The Morgan fingerprint density at radius 1 is 1.18 bits per heavy atom. The van der Waals surface area contributed by atoms with Crippen molar-refractivity contribution in [2.45, 2.75) is 17.7 Å². The largest absolute Gasteiger partial charge is 0.459 e. The summed E-state index contributed by atoms with van der Waals surface area (Å²) in [6.45, 7) is 0.429. The van der Waals surface area contributed by atoms with Crippen molar-refractivity contribution in [1.82, 2.24) is 5.32 Å². The van der Waals surface area contributed by atoms with Crippen molar-refractivity contribution in [3.05, 3.63) is 48.4 Å². The van der Waals surface area contributed by atoms with Gasteiger partial charge in [-0.05, 0) is 49.1 Å². The Bertz CT molecular complexity index is 609. The van der Waals surface area contributed by atoms with Crippen molar-refractivity contribution in [1.29, 1.82) is 0 Å². The Morgan fingerprint density at radius 2 is 1.95 bits per heavy atom. The quantitative estimate of drug-likeness (QED) is 0.608. The van der Waals surface area contributed by atoms with E-state index in [1.165, 1.54) is 6.26 Å². The molecule has 1 aromatic carbocycles. The van der Waals surface area contributed by atoms with Crippen LogP contribution in [-0.4, -0.2) is 24.6 Å². The molecule has 116 valence electrons. The average Bonchev–Trinajstić information content (AvgIpc) is 3.06. The van der Waals surface area contributed by atoms with Crippen molar-refractivity contribution >= 4 is 29.3 Å². The number of amides is 2. The van der Waals surface area contributed by atoms with Crippen molar-refractivity contribution in [2.24, 2.45) is 0 Å². The molecule has 0 spiro atoms. The average molecular weight is 318 g/mol. The molecule has 22 heavy (non-hydrogen) atoms. The van der Waals surface area contributed by atoms with E-state index < -0.39 is 0 Å². The highest BCUT2D eigenvalue weighted by Crippen LogP contribution is 2.17. The molecule has 5 nitrogen and oxygen atoms in total. The lowest BCUT2D eigenvalue weighted by Gasteiger charge is -2.06. The molecule has 0 aliphatic carbocycles. The van der Waals surface area contributed by atoms with Gasteiger partial charge in [-0.2, -0.15) is 0 Å². The predicted octanol–water partition coefficient (Wildman–Crippen LogP) is 3.15. The highest BCUT2D eigenvalue weighted by molar-refractivity contribution is 7.98. The fourth-order valence-electron chi connectivity index (χ4n) is 1.84. The predicted molar refractivity (Wildman–Crippen MR) is 87.1 cm³/mol. The van der Waals surface area contributed by atoms with Gasteiger partial charge in [0, 0.05) is 23.5 Å². The fraction of sp³-hybridized carbons (Fsp3) is 0.250. The van der Waals surface area contributed by atoms with Crippen LogP contribution < -0.4 is 10.6 Å².